The van der Waals surface area contributed by atoms with Gasteiger partial charge < -0.3 is 4.42 Å². The zero-order valence-corrected chi connectivity index (χ0v) is 28.8. The van der Waals surface area contributed by atoms with Crippen molar-refractivity contribution in [2.75, 3.05) is 0 Å². The highest BCUT2D eigenvalue weighted by molar-refractivity contribution is 6.89. The minimum atomic E-state index is -1.70. The van der Waals surface area contributed by atoms with Gasteiger partial charge >= 0.3 is 5.66 Å². The first-order valence-corrected chi connectivity index (χ1v) is 19.9. The minimum Gasteiger partial charge on any atom is -0.437 e. The molecule has 0 N–H and O–H groups in total. The van der Waals surface area contributed by atoms with Crippen LogP contribution in [0, 0.1) is 11.3 Å². The van der Waals surface area contributed by atoms with E-state index in [1.165, 1.54) is 44.8 Å². The molecule has 226 valence electrons. The summed E-state index contributed by atoms with van der Waals surface area (Å²) in [6, 6.07) is 25.1. The second-order valence-electron chi connectivity index (χ2n) is 15.9. The minimum absolute atomic E-state index is 0.174. The van der Waals surface area contributed by atoms with E-state index in [1.807, 2.05) is 12.3 Å². The van der Waals surface area contributed by atoms with Gasteiger partial charge in [0.2, 0.25) is 17.1 Å². The van der Waals surface area contributed by atoms with Crippen LogP contribution in [-0.4, -0.2) is 13.1 Å². The van der Waals surface area contributed by atoms with Crippen LogP contribution in [0.3, 0.4) is 0 Å². The van der Waals surface area contributed by atoms with Crippen LogP contribution in [0.5, 0.6) is 0 Å². The van der Waals surface area contributed by atoms with Gasteiger partial charge in [-0.3, -0.25) is 0 Å². The number of hydrogen-bond donors (Lipinski definition) is 0. The van der Waals surface area contributed by atoms with E-state index in [0.29, 0.717) is 11.6 Å². The molecule has 0 saturated heterocycles. The van der Waals surface area contributed by atoms with Crippen molar-refractivity contribution in [1.82, 2.24) is 4.98 Å². The lowest BCUT2D eigenvalue weighted by Gasteiger charge is -2.23. The van der Waals surface area contributed by atoms with Crippen molar-refractivity contribution in [2.45, 2.75) is 72.8 Å². The monoisotopic (exact) mass is 609 g/mol. The summed E-state index contributed by atoms with van der Waals surface area (Å²) in [4.78, 5) is 4.62. The summed E-state index contributed by atoms with van der Waals surface area (Å²) in [7, 11) is -1.70. The molecule has 6 heterocycles. The summed E-state index contributed by atoms with van der Waals surface area (Å²) < 4.78 is 11.8. The highest BCUT2D eigenvalue weighted by Crippen LogP contribution is 2.50. The molecular weight excluding hydrogens is 567 g/mol. The number of aromatic nitrogens is 3. The zero-order valence-electron chi connectivity index (χ0n) is 27.8. The van der Waals surface area contributed by atoms with E-state index in [9.17, 15) is 0 Å². The van der Waals surface area contributed by atoms with Crippen LogP contribution in [-0.2, 0) is 18.5 Å². The number of benzene rings is 2. The Kier molecular flexibility index (Phi) is 5.97. The summed E-state index contributed by atoms with van der Waals surface area (Å²) in [5, 5.41) is 3.72. The van der Waals surface area contributed by atoms with Crippen LogP contribution < -0.4 is 14.3 Å². The number of fused-ring (bicyclic) bond motifs is 14. The van der Waals surface area contributed by atoms with Gasteiger partial charge in [-0.25, -0.2) is 4.98 Å². The van der Waals surface area contributed by atoms with Crippen LogP contribution in [0.15, 0.2) is 89.7 Å². The fourth-order valence-electron chi connectivity index (χ4n) is 8.10. The highest BCUT2D eigenvalue weighted by atomic mass is 28.3. The molecule has 1 spiro atoms. The fraction of sp³-hybridized carbons (Fsp3) is 0.325. The SMILES string of the molecule is CC(C)Cc1cc2[n+](cc1[Si](C)(C)C)C1(c3ccccc3-2)c2ccc3c(oc4ncccc43)c2-c2cc(CC(C)(C)C)cc[n+]21. The Balaban J connectivity index is 1.53. The van der Waals surface area contributed by atoms with Gasteiger partial charge in [0.1, 0.15) is 16.7 Å². The molecule has 2 aliphatic rings. The van der Waals surface area contributed by atoms with Gasteiger partial charge in [0.15, 0.2) is 18.0 Å². The molecule has 0 bridgehead atoms. The van der Waals surface area contributed by atoms with Gasteiger partial charge in [-0.05, 0) is 71.7 Å². The molecular formula is C40H43N3OSi+2. The molecule has 0 aliphatic carbocycles. The van der Waals surface area contributed by atoms with E-state index in [4.69, 9.17) is 4.42 Å². The number of furan rings is 1. The average molecular weight is 610 g/mol. The largest absolute Gasteiger partial charge is 0.437 e. The molecule has 0 radical (unpaired) electrons. The maximum absolute atomic E-state index is 6.69. The van der Waals surface area contributed by atoms with E-state index in [-0.39, 0.29) is 5.41 Å². The molecule has 45 heavy (non-hydrogen) atoms. The van der Waals surface area contributed by atoms with Crippen molar-refractivity contribution in [3.63, 3.8) is 0 Å². The van der Waals surface area contributed by atoms with Crippen LogP contribution in [0.4, 0.5) is 0 Å². The number of rotatable bonds is 4. The summed E-state index contributed by atoms with van der Waals surface area (Å²) in [5.74, 6) is 0.590. The summed E-state index contributed by atoms with van der Waals surface area (Å²) in [6.45, 7) is 19.1. The first-order valence-electron chi connectivity index (χ1n) is 16.4. The maximum atomic E-state index is 6.69. The Morgan fingerprint density at radius 3 is 2.42 bits per heavy atom. The Morgan fingerprint density at radius 1 is 0.867 bits per heavy atom. The number of nitrogens with zero attached hydrogens (tertiary/aromatic N) is 3. The van der Waals surface area contributed by atoms with E-state index < -0.39 is 13.7 Å². The van der Waals surface area contributed by atoms with E-state index in [2.05, 4.69) is 141 Å². The van der Waals surface area contributed by atoms with Crippen LogP contribution >= 0.6 is 0 Å². The standard InChI is InChI=1S/C40H43N3OSi/c1-25(2)20-27-22-33-30-12-9-10-14-31(30)40(43(33)24-35(27)45(6,7)8)32-16-15-28-29-13-11-18-41-38(29)44-37(28)36(32)34-21-26(17-19-42(34)40)23-39(3,4)5/h9-19,21-22,24-25H,20,23H2,1-8H3/q+2. The Labute approximate surface area is 267 Å². The molecule has 2 aromatic carbocycles. The van der Waals surface area contributed by atoms with Gasteiger partial charge in [0.05, 0.1) is 13.6 Å². The summed E-state index contributed by atoms with van der Waals surface area (Å²) >= 11 is 0. The second kappa shape index (κ2) is 9.46. The van der Waals surface area contributed by atoms with Crippen LogP contribution in [0.2, 0.25) is 19.6 Å². The van der Waals surface area contributed by atoms with Crippen molar-refractivity contribution < 1.29 is 13.6 Å². The molecule has 4 aromatic heterocycles. The van der Waals surface area contributed by atoms with Crippen molar-refractivity contribution in [3.05, 3.63) is 108 Å². The Morgan fingerprint density at radius 2 is 1.67 bits per heavy atom. The topological polar surface area (TPSA) is 33.8 Å². The third-order valence-corrected chi connectivity index (χ3v) is 11.8. The predicted octanol–water partition coefficient (Wildman–Crippen LogP) is 8.15. The molecule has 0 fully saturated rings. The second-order valence-corrected chi connectivity index (χ2v) is 20.9. The van der Waals surface area contributed by atoms with Gasteiger partial charge in [-0.1, -0.05) is 66.4 Å². The normalized spacial score (nSPS) is 16.9. The van der Waals surface area contributed by atoms with Gasteiger partial charge in [0.25, 0.3) is 0 Å². The van der Waals surface area contributed by atoms with Crippen molar-refractivity contribution >= 4 is 35.3 Å². The summed E-state index contributed by atoms with van der Waals surface area (Å²) in [6.07, 6.45) is 8.80. The van der Waals surface area contributed by atoms with Crippen LogP contribution in [0.1, 0.15) is 56.9 Å². The quantitative estimate of drug-likeness (QED) is 0.149. The third kappa shape index (κ3) is 4.06. The van der Waals surface area contributed by atoms with Gasteiger partial charge in [0, 0.05) is 40.4 Å². The molecule has 5 heteroatoms. The molecule has 4 nitrogen and oxygen atoms in total. The Bertz CT molecular complexity index is 2180. The number of hydrogen-bond acceptors (Lipinski definition) is 2. The van der Waals surface area contributed by atoms with Gasteiger partial charge in [-0.2, -0.15) is 0 Å². The van der Waals surface area contributed by atoms with E-state index in [1.54, 1.807) is 5.19 Å². The lowest BCUT2D eigenvalue weighted by atomic mass is 9.88. The molecule has 2 aliphatic heterocycles. The van der Waals surface area contributed by atoms with Crippen molar-refractivity contribution in [2.24, 2.45) is 11.3 Å². The lowest BCUT2D eigenvalue weighted by Crippen LogP contribution is -2.72. The summed E-state index contributed by atoms with van der Waals surface area (Å²) in [5.41, 5.74) is 11.6. The van der Waals surface area contributed by atoms with Crippen molar-refractivity contribution in [1.29, 1.82) is 0 Å². The van der Waals surface area contributed by atoms with Crippen molar-refractivity contribution in [3.8, 4) is 22.5 Å². The predicted molar refractivity (Wildman–Crippen MR) is 185 cm³/mol. The maximum Gasteiger partial charge on any atom is 0.417 e. The lowest BCUT2D eigenvalue weighted by molar-refractivity contribution is -0.954. The molecule has 1 unspecified atom stereocenters. The third-order valence-electron chi connectivity index (χ3n) is 9.69. The molecule has 6 aromatic rings. The van der Waals surface area contributed by atoms with E-state index >= 15 is 0 Å². The smallest absolute Gasteiger partial charge is 0.417 e. The number of pyridine rings is 3. The Hall–Kier alpha value is -4.09. The van der Waals surface area contributed by atoms with E-state index in [0.717, 1.165) is 29.2 Å². The molecule has 8 rings (SSSR count). The first-order chi connectivity index (χ1) is 21.4. The first kappa shape index (κ1) is 28.4. The molecule has 0 saturated carbocycles. The average Bonchev–Trinajstić information content (AvgIpc) is 3.58. The van der Waals surface area contributed by atoms with Gasteiger partial charge in [-0.15, -0.1) is 9.13 Å². The zero-order chi connectivity index (χ0) is 31.5. The highest BCUT2D eigenvalue weighted by Gasteiger charge is 2.67. The fourth-order valence-corrected chi connectivity index (χ4v) is 9.76. The molecule has 1 atom stereocenters. The molecule has 0 amide bonds. The van der Waals surface area contributed by atoms with Crippen LogP contribution in [0.25, 0.3) is 44.6 Å².